The molecule has 84 valence electrons. The lowest BCUT2D eigenvalue weighted by atomic mass is 9.92. The van der Waals surface area contributed by atoms with Crippen molar-refractivity contribution < 1.29 is 14.7 Å². The van der Waals surface area contributed by atoms with Gasteiger partial charge in [-0.25, -0.2) is 0 Å². The fourth-order valence-corrected chi connectivity index (χ4v) is 1.83. The van der Waals surface area contributed by atoms with Crippen LogP contribution in [0, 0.1) is 0 Å². The molecule has 0 unspecified atom stereocenters. The summed E-state index contributed by atoms with van der Waals surface area (Å²) in [5.74, 6) is -1.54. The van der Waals surface area contributed by atoms with E-state index in [2.05, 4.69) is 4.99 Å². The van der Waals surface area contributed by atoms with E-state index in [9.17, 15) is 14.7 Å². The Morgan fingerprint density at radius 2 is 2.31 bits per heavy atom. The fourth-order valence-electron chi connectivity index (χ4n) is 1.67. The lowest BCUT2D eigenvalue weighted by Gasteiger charge is -2.43. The highest BCUT2D eigenvalue weighted by atomic mass is 35.5. The molecule has 1 amide bonds. The maximum Gasteiger partial charge on any atom is 0.250 e. The highest BCUT2D eigenvalue weighted by Crippen LogP contribution is 2.29. The zero-order valence-corrected chi connectivity index (χ0v) is 9.19. The van der Waals surface area contributed by atoms with Gasteiger partial charge in [-0.2, -0.15) is 4.99 Å². The molecule has 0 spiro atoms. The van der Waals surface area contributed by atoms with Gasteiger partial charge in [0.15, 0.2) is 0 Å². The van der Waals surface area contributed by atoms with Crippen LogP contribution in [0.15, 0.2) is 28.4 Å². The molecule has 6 heteroatoms. The maximum absolute atomic E-state index is 11.3. The van der Waals surface area contributed by atoms with E-state index in [1.165, 1.54) is 24.1 Å². The monoisotopic (exact) mass is 239 g/mol. The number of amides is 1. The smallest absolute Gasteiger partial charge is 0.250 e. The Morgan fingerprint density at radius 1 is 1.62 bits per heavy atom. The van der Waals surface area contributed by atoms with Gasteiger partial charge in [-0.15, -0.1) is 0 Å². The van der Waals surface area contributed by atoms with E-state index in [1.54, 1.807) is 6.08 Å². The van der Waals surface area contributed by atoms with Gasteiger partial charge in [-0.3, -0.25) is 4.79 Å². The zero-order valence-electron chi connectivity index (χ0n) is 8.44. The Balaban J connectivity index is 2.52. The van der Waals surface area contributed by atoms with E-state index >= 15 is 0 Å². The van der Waals surface area contributed by atoms with Crippen molar-refractivity contribution in [3.05, 3.63) is 23.4 Å². The molecule has 0 aromatic carbocycles. The average Bonchev–Trinajstić information content (AvgIpc) is 2.19. The van der Waals surface area contributed by atoms with E-state index in [1.807, 2.05) is 0 Å². The first-order valence-electron chi connectivity index (χ1n) is 4.61. The maximum atomic E-state index is 11.3. The normalized spacial score (nSPS) is 28.4. The molecule has 0 N–H and O–H groups in total. The van der Waals surface area contributed by atoms with Gasteiger partial charge in [0.1, 0.15) is 5.84 Å². The van der Waals surface area contributed by atoms with Crippen LogP contribution in [0.5, 0.6) is 0 Å². The molecular formula is C10H8ClN2O3-. The number of amidine groups is 1. The standard InChI is InChI=1S/C10H9ClN2O3/c1-10(9(15)16)4-8(14)12-7-3-2-6(11)5-13(7)10/h2-3,5H,4H2,1H3,(H,15,16)/p-1/t10-/m1/s1. The fraction of sp³-hybridized carbons (Fsp3) is 0.300. The lowest BCUT2D eigenvalue weighted by Crippen LogP contribution is -2.61. The van der Waals surface area contributed by atoms with Crippen LogP contribution < -0.4 is 5.11 Å². The highest BCUT2D eigenvalue weighted by molar-refractivity contribution is 6.32. The number of carboxylic acids is 1. The molecule has 2 aliphatic rings. The summed E-state index contributed by atoms with van der Waals surface area (Å²) in [4.78, 5) is 27.5. The van der Waals surface area contributed by atoms with E-state index < -0.39 is 17.4 Å². The lowest BCUT2D eigenvalue weighted by molar-refractivity contribution is -0.316. The Morgan fingerprint density at radius 3 is 2.94 bits per heavy atom. The number of nitrogens with zero attached hydrogens (tertiary/aromatic N) is 2. The number of aliphatic carboxylic acids is 1. The Labute approximate surface area is 96.7 Å². The Bertz CT molecular complexity index is 467. The second kappa shape index (κ2) is 3.45. The predicted octanol–water partition coefficient (Wildman–Crippen LogP) is -0.224. The van der Waals surface area contributed by atoms with Crippen LogP contribution in [-0.4, -0.2) is 28.2 Å². The van der Waals surface area contributed by atoms with Crippen molar-refractivity contribution in [3.63, 3.8) is 0 Å². The van der Waals surface area contributed by atoms with Gasteiger partial charge < -0.3 is 14.8 Å². The number of aliphatic imine (C=N–C) groups is 1. The summed E-state index contributed by atoms with van der Waals surface area (Å²) < 4.78 is 0. The van der Waals surface area contributed by atoms with Gasteiger partial charge in [0.05, 0.1) is 23.0 Å². The largest absolute Gasteiger partial charge is 0.548 e. The van der Waals surface area contributed by atoms with Crippen LogP contribution in [0.2, 0.25) is 0 Å². The van der Waals surface area contributed by atoms with E-state index in [4.69, 9.17) is 11.6 Å². The molecule has 0 saturated carbocycles. The molecule has 2 rings (SSSR count). The predicted molar refractivity (Wildman–Crippen MR) is 55.4 cm³/mol. The second-order valence-electron chi connectivity index (χ2n) is 3.82. The summed E-state index contributed by atoms with van der Waals surface area (Å²) in [5.41, 5.74) is -1.43. The van der Waals surface area contributed by atoms with E-state index in [0.717, 1.165) is 0 Å². The van der Waals surface area contributed by atoms with Crippen molar-refractivity contribution in [2.24, 2.45) is 4.99 Å². The molecule has 0 aliphatic carbocycles. The third-order valence-electron chi connectivity index (χ3n) is 2.60. The molecule has 2 heterocycles. The van der Waals surface area contributed by atoms with Crippen LogP contribution in [0.1, 0.15) is 13.3 Å². The molecule has 5 nitrogen and oxygen atoms in total. The number of carbonyl (C=O) groups excluding carboxylic acids is 2. The molecule has 2 aliphatic heterocycles. The Kier molecular flexibility index (Phi) is 2.35. The highest BCUT2D eigenvalue weighted by Gasteiger charge is 2.40. The summed E-state index contributed by atoms with van der Waals surface area (Å²) in [6, 6.07) is 0. The first-order chi connectivity index (χ1) is 7.43. The minimum absolute atomic E-state index is 0.229. The second-order valence-corrected chi connectivity index (χ2v) is 4.26. The Hall–Kier alpha value is -1.62. The topological polar surface area (TPSA) is 72.8 Å². The van der Waals surface area contributed by atoms with Gasteiger partial charge in [-0.05, 0) is 19.1 Å². The van der Waals surface area contributed by atoms with Crippen LogP contribution in [-0.2, 0) is 9.59 Å². The number of fused-ring (bicyclic) bond motifs is 1. The van der Waals surface area contributed by atoms with Crippen molar-refractivity contribution in [3.8, 4) is 0 Å². The van der Waals surface area contributed by atoms with Crippen molar-refractivity contribution in [1.82, 2.24) is 4.90 Å². The summed E-state index contributed by atoms with van der Waals surface area (Å²) >= 11 is 5.78. The summed E-state index contributed by atoms with van der Waals surface area (Å²) in [6.07, 6.45) is 4.25. The molecule has 16 heavy (non-hydrogen) atoms. The SMILES string of the molecule is C[C@]1(C(=O)[O-])CC(=O)N=C2C=CC(Cl)=CN21. The molecular weight excluding hydrogens is 232 g/mol. The molecule has 0 radical (unpaired) electrons. The summed E-state index contributed by atoms with van der Waals surface area (Å²) in [5, 5.41) is 11.5. The van der Waals surface area contributed by atoms with Crippen molar-refractivity contribution in [2.75, 3.05) is 0 Å². The number of allylic oxidation sites excluding steroid dienone is 2. The summed E-state index contributed by atoms with van der Waals surface area (Å²) in [7, 11) is 0. The number of halogens is 1. The number of carbonyl (C=O) groups is 2. The minimum Gasteiger partial charge on any atom is -0.548 e. The third-order valence-corrected chi connectivity index (χ3v) is 2.82. The molecule has 0 fully saturated rings. The van der Waals surface area contributed by atoms with E-state index in [-0.39, 0.29) is 12.3 Å². The van der Waals surface area contributed by atoms with Gasteiger partial charge in [0, 0.05) is 6.20 Å². The average molecular weight is 240 g/mol. The van der Waals surface area contributed by atoms with Gasteiger partial charge in [0.2, 0.25) is 5.91 Å². The molecule has 0 saturated heterocycles. The first-order valence-corrected chi connectivity index (χ1v) is 4.99. The molecule has 0 aromatic rings. The number of rotatable bonds is 1. The number of hydrogen-bond donors (Lipinski definition) is 0. The van der Waals surface area contributed by atoms with Crippen LogP contribution in [0.25, 0.3) is 0 Å². The molecule has 0 aromatic heterocycles. The van der Waals surface area contributed by atoms with Crippen molar-refractivity contribution in [1.29, 1.82) is 0 Å². The quantitative estimate of drug-likeness (QED) is 0.634. The minimum atomic E-state index is -1.43. The third kappa shape index (κ3) is 1.53. The number of carboxylic acid groups (broad SMARTS) is 1. The first kappa shape index (κ1) is 10.9. The molecule has 1 atom stereocenters. The van der Waals surface area contributed by atoms with Gasteiger partial charge >= 0.3 is 0 Å². The van der Waals surface area contributed by atoms with Crippen LogP contribution >= 0.6 is 11.6 Å². The summed E-state index contributed by atoms with van der Waals surface area (Å²) in [6.45, 7) is 1.41. The zero-order chi connectivity index (χ0) is 11.9. The van der Waals surface area contributed by atoms with Crippen molar-refractivity contribution >= 4 is 29.3 Å². The molecule has 0 bridgehead atoms. The number of hydrogen-bond acceptors (Lipinski definition) is 4. The van der Waals surface area contributed by atoms with Crippen LogP contribution in [0.3, 0.4) is 0 Å². The van der Waals surface area contributed by atoms with Gasteiger partial charge in [-0.1, -0.05) is 11.6 Å². The van der Waals surface area contributed by atoms with Crippen molar-refractivity contribution in [2.45, 2.75) is 18.9 Å². The van der Waals surface area contributed by atoms with Crippen LogP contribution in [0.4, 0.5) is 0 Å². The van der Waals surface area contributed by atoms with Gasteiger partial charge in [0.25, 0.3) is 0 Å². The van der Waals surface area contributed by atoms with E-state index in [0.29, 0.717) is 5.03 Å².